The minimum absolute atomic E-state index is 0.184. The van der Waals surface area contributed by atoms with Crippen molar-refractivity contribution in [3.63, 3.8) is 0 Å². The Hall–Kier alpha value is -2.77. The lowest BCUT2D eigenvalue weighted by atomic mass is 10.1. The van der Waals surface area contributed by atoms with Crippen molar-refractivity contribution in [1.82, 2.24) is 15.3 Å². The van der Waals surface area contributed by atoms with Crippen LogP contribution in [0.2, 0.25) is 0 Å². The number of nitrogens with one attached hydrogen (secondary N) is 2. The molecule has 2 aromatic heterocycles. The topological polar surface area (TPSA) is 87.1 Å². The Morgan fingerprint density at radius 1 is 1.21 bits per heavy atom. The number of carbonyl (C=O) groups is 1. The van der Waals surface area contributed by atoms with E-state index in [0.717, 1.165) is 16.8 Å². The van der Waals surface area contributed by atoms with Crippen LogP contribution < -0.4 is 10.6 Å². The van der Waals surface area contributed by atoms with E-state index in [1.54, 1.807) is 12.4 Å². The van der Waals surface area contributed by atoms with Crippen LogP contribution in [0.3, 0.4) is 0 Å². The van der Waals surface area contributed by atoms with Crippen LogP contribution in [0.25, 0.3) is 11.3 Å². The van der Waals surface area contributed by atoms with Crippen molar-refractivity contribution in [3.05, 3.63) is 65.8 Å². The van der Waals surface area contributed by atoms with Crippen LogP contribution in [0.15, 0.2) is 60.2 Å². The minimum atomic E-state index is -0.469. The summed E-state index contributed by atoms with van der Waals surface area (Å²) in [7, 11) is 0. The molecule has 0 spiro atoms. The molecule has 1 atom stereocenters. The van der Waals surface area contributed by atoms with E-state index in [-0.39, 0.29) is 6.61 Å². The van der Waals surface area contributed by atoms with E-state index in [4.69, 9.17) is 0 Å². The summed E-state index contributed by atoms with van der Waals surface area (Å²) >= 11 is 1.33. The fourth-order valence-electron chi connectivity index (χ4n) is 2.19. The molecular weight excluding hydrogens is 324 g/mol. The summed E-state index contributed by atoms with van der Waals surface area (Å²) in [6.45, 7) is -0.184. The first-order valence-electron chi connectivity index (χ1n) is 7.35. The van der Waals surface area contributed by atoms with E-state index in [1.165, 1.54) is 11.3 Å². The van der Waals surface area contributed by atoms with Crippen molar-refractivity contribution in [2.24, 2.45) is 0 Å². The molecule has 0 unspecified atom stereocenters. The van der Waals surface area contributed by atoms with Gasteiger partial charge in [0, 0.05) is 23.3 Å². The molecule has 0 aliphatic carbocycles. The summed E-state index contributed by atoms with van der Waals surface area (Å²) in [5.74, 6) is 0. The van der Waals surface area contributed by atoms with Crippen molar-refractivity contribution < 1.29 is 9.90 Å². The molecule has 24 heavy (non-hydrogen) atoms. The highest BCUT2D eigenvalue weighted by Gasteiger charge is 2.14. The van der Waals surface area contributed by atoms with E-state index < -0.39 is 12.1 Å². The van der Waals surface area contributed by atoms with Crippen molar-refractivity contribution >= 4 is 22.5 Å². The van der Waals surface area contributed by atoms with Gasteiger partial charge < -0.3 is 10.4 Å². The molecule has 3 rings (SSSR count). The van der Waals surface area contributed by atoms with Crippen LogP contribution in [0, 0.1) is 0 Å². The largest absolute Gasteiger partial charge is 0.394 e. The third kappa shape index (κ3) is 3.95. The summed E-state index contributed by atoms with van der Waals surface area (Å²) in [5, 5.41) is 17.2. The zero-order valence-corrected chi connectivity index (χ0v) is 13.5. The van der Waals surface area contributed by atoms with E-state index in [9.17, 15) is 9.90 Å². The fourth-order valence-corrected chi connectivity index (χ4v) is 2.90. The molecule has 122 valence electrons. The van der Waals surface area contributed by atoms with Gasteiger partial charge in [0.25, 0.3) is 0 Å². The number of anilines is 1. The third-order valence-corrected chi connectivity index (χ3v) is 4.13. The van der Waals surface area contributed by atoms with E-state index >= 15 is 0 Å². The Bertz CT molecular complexity index is 793. The number of urea groups is 1. The van der Waals surface area contributed by atoms with Gasteiger partial charge >= 0.3 is 6.03 Å². The Labute approximate surface area is 143 Å². The molecule has 0 fully saturated rings. The highest BCUT2D eigenvalue weighted by Crippen LogP contribution is 2.24. The number of aromatic nitrogens is 2. The van der Waals surface area contributed by atoms with Crippen LogP contribution in [0.4, 0.5) is 9.93 Å². The number of amides is 2. The fraction of sp³-hybridized carbons (Fsp3) is 0.118. The van der Waals surface area contributed by atoms with Crippen molar-refractivity contribution in [1.29, 1.82) is 0 Å². The van der Waals surface area contributed by atoms with E-state index in [2.05, 4.69) is 20.6 Å². The lowest BCUT2D eigenvalue weighted by Gasteiger charge is -2.16. The van der Waals surface area contributed by atoms with E-state index in [0.29, 0.717) is 5.13 Å². The van der Waals surface area contributed by atoms with Gasteiger partial charge in [-0.2, -0.15) is 0 Å². The van der Waals surface area contributed by atoms with Crippen LogP contribution in [-0.2, 0) is 0 Å². The first-order chi connectivity index (χ1) is 11.8. The average Bonchev–Trinajstić information content (AvgIpc) is 3.09. The maximum Gasteiger partial charge on any atom is 0.321 e. The second kappa shape index (κ2) is 7.67. The lowest BCUT2D eigenvalue weighted by molar-refractivity contribution is 0.225. The summed E-state index contributed by atoms with van der Waals surface area (Å²) in [5.41, 5.74) is 2.48. The Balaban J connectivity index is 1.64. The molecule has 6 nitrogen and oxygen atoms in total. The first kappa shape index (κ1) is 16.1. The van der Waals surface area contributed by atoms with Gasteiger partial charge in [-0.3, -0.25) is 10.3 Å². The average molecular weight is 340 g/mol. The van der Waals surface area contributed by atoms with Crippen molar-refractivity contribution in [3.8, 4) is 11.3 Å². The van der Waals surface area contributed by atoms with Crippen LogP contribution in [0.1, 0.15) is 11.6 Å². The second-order valence-electron chi connectivity index (χ2n) is 5.02. The number of rotatable bonds is 5. The van der Waals surface area contributed by atoms with Gasteiger partial charge in [-0.1, -0.05) is 30.3 Å². The summed E-state index contributed by atoms with van der Waals surface area (Å²) in [4.78, 5) is 20.5. The second-order valence-corrected chi connectivity index (χ2v) is 5.88. The smallest absolute Gasteiger partial charge is 0.321 e. The number of aliphatic hydroxyl groups excluding tert-OH is 1. The number of hydrogen-bond donors (Lipinski definition) is 3. The molecular formula is C17H16N4O2S. The van der Waals surface area contributed by atoms with Gasteiger partial charge in [-0.25, -0.2) is 9.78 Å². The number of aliphatic hydroxyl groups is 1. The van der Waals surface area contributed by atoms with Gasteiger partial charge in [-0.15, -0.1) is 11.3 Å². The standard InChI is InChI=1S/C17H16N4O2S/c22-10-14(12-5-2-1-3-6-12)19-16(23)21-17-20-15(11-24-17)13-7-4-8-18-9-13/h1-9,11,14,22H,10H2,(H2,19,20,21,23)/t14-/m1/s1. The Kier molecular flexibility index (Phi) is 5.15. The zero-order valence-electron chi connectivity index (χ0n) is 12.7. The zero-order chi connectivity index (χ0) is 16.8. The number of pyridine rings is 1. The molecule has 3 aromatic rings. The molecule has 0 aliphatic heterocycles. The molecule has 0 radical (unpaired) electrons. The minimum Gasteiger partial charge on any atom is -0.394 e. The van der Waals surface area contributed by atoms with Gasteiger partial charge in [0.15, 0.2) is 5.13 Å². The highest BCUT2D eigenvalue weighted by atomic mass is 32.1. The number of nitrogens with zero attached hydrogens (tertiary/aromatic N) is 2. The normalized spacial score (nSPS) is 11.7. The molecule has 1 aromatic carbocycles. The predicted octanol–water partition coefficient (Wildman–Crippen LogP) is 3.06. The first-order valence-corrected chi connectivity index (χ1v) is 8.23. The molecule has 0 saturated heterocycles. The molecule has 2 amide bonds. The number of carbonyl (C=O) groups excluding carboxylic acids is 1. The van der Waals surface area contributed by atoms with E-state index in [1.807, 2.05) is 47.8 Å². The van der Waals surface area contributed by atoms with Gasteiger partial charge in [0.1, 0.15) is 0 Å². The SMILES string of the molecule is O=C(Nc1nc(-c2cccnc2)cs1)N[C@H](CO)c1ccccc1. The Morgan fingerprint density at radius 2 is 2.04 bits per heavy atom. The highest BCUT2D eigenvalue weighted by molar-refractivity contribution is 7.14. The van der Waals surface area contributed by atoms with Crippen LogP contribution >= 0.6 is 11.3 Å². The third-order valence-electron chi connectivity index (χ3n) is 3.37. The number of benzene rings is 1. The molecule has 7 heteroatoms. The van der Waals surface area contributed by atoms with Crippen molar-refractivity contribution in [2.45, 2.75) is 6.04 Å². The maximum absolute atomic E-state index is 12.1. The van der Waals surface area contributed by atoms with Gasteiger partial charge in [-0.05, 0) is 17.7 Å². The maximum atomic E-state index is 12.1. The van der Waals surface area contributed by atoms with Gasteiger partial charge in [0.2, 0.25) is 0 Å². The predicted molar refractivity (Wildman–Crippen MR) is 93.8 cm³/mol. The lowest BCUT2D eigenvalue weighted by Crippen LogP contribution is -2.34. The summed E-state index contributed by atoms with van der Waals surface area (Å²) in [6, 6.07) is 12.2. The summed E-state index contributed by atoms with van der Waals surface area (Å²) < 4.78 is 0. The van der Waals surface area contributed by atoms with Crippen molar-refractivity contribution in [2.75, 3.05) is 11.9 Å². The number of thiazole rings is 1. The quantitative estimate of drug-likeness (QED) is 0.666. The Morgan fingerprint density at radius 3 is 2.75 bits per heavy atom. The molecule has 0 aliphatic rings. The molecule has 3 N–H and O–H groups in total. The summed E-state index contributed by atoms with van der Waals surface area (Å²) in [6.07, 6.45) is 3.41. The van der Waals surface area contributed by atoms with Crippen LogP contribution in [-0.4, -0.2) is 27.7 Å². The number of hydrogen-bond acceptors (Lipinski definition) is 5. The molecule has 0 saturated carbocycles. The monoisotopic (exact) mass is 340 g/mol. The van der Waals surface area contributed by atoms with Gasteiger partial charge in [0.05, 0.1) is 18.3 Å². The molecule has 2 heterocycles. The molecule has 0 bridgehead atoms. The van der Waals surface area contributed by atoms with Crippen LogP contribution in [0.5, 0.6) is 0 Å².